The Morgan fingerprint density at radius 3 is 2.62 bits per heavy atom. The number of hydrogen-bond donors (Lipinski definition) is 2. The summed E-state index contributed by atoms with van der Waals surface area (Å²) in [5.41, 5.74) is 7.51. The fraction of sp³-hybridized carbons (Fsp3) is 0.647. The third kappa shape index (κ3) is 3.89. The largest absolute Gasteiger partial charge is 0.497 e. The minimum absolute atomic E-state index is 0.0916. The molecule has 2 unspecified atom stereocenters. The first-order chi connectivity index (χ1) is 9.99. The molecular weight excluding hydrogens is 264 g/mol. The van der Waals surface area contributed by atoms with E-state index in [0.717, 1.165) is 17.1 Å². The van der Waals surface area contributed by atoms with E-state index in [9.17, 15) is 0 Å². The number of benzene rings is 1. The lowest BCUT2D eigenvalue weighted by molar-refractivity contribution is 0.347. The Hall–Kier alpha value is -1.26. The maximum absolute atomic E-state index is 6.01. The summed E-state index contributed by atoms with van der Waals surface area (Å²) < 4.78 is 10.8. The van der Waals surface area contributed by atoms with Crippen molar-refractivity contribution in [1.82, 2.24) is 5.32 Å². The SMILES string of the molecule is COc1ccc(OC)c(C(CN)NC2CCC(C)(C)C2)c1. The quantitative estimate of drug-likeness (QED) is 0.846. The van der Waals surface area contributed by atoms with E-state index in [-0.39, 0.29) is 6.04 Å². The van der Waals surface area contributed by atoms with Gasteiger partial charge in [-0.05, 0) is 42.9 Å². The molecule has 0 bridgehead atoms. The normalized spacial score (nSPS) is 22.0. The van der Waals surface area contributed by atoms with E-state index < -0.39 is 0 Å². The summed E-state index contributed by atoms with van der Waals surface area (Å²) in [7, 11) is 3.37. The molecular formula is C17H28N2O2. The lowest BCUT2D eigenvalue weighted by atomic mass is 9.91. The highest BCUT2D eigenvalue weighted by Crippen LogP contribution is 2.38. The average Bonchev–Trinajstić information content (AvgIpc) is 2.83. The van der Waals surface area contributed by atoms with Crippen LogP contribution in [0.2, 0.25) is 0 Å². The zero-order valence-electron chi connectivity index (χ0n) is 13.6. The van der Waals surface area contributed by atoms with Gasteiger partial charge in [0.05, 0.1) is 14.2 Å². The Labute approximate surface area is 128 Å². The van der Waals surface area contributed by atoms with Crippen molar-refractivity contribution in [3.8, 4) is 11.5 Å². The van der Waals surface area contributed by atoms with Gasteiger partial charge < -0.3 is 20.5 Å². The molecule has 118 valence electrons. The molecule has 1 aliphatic rings. The molecule has 0 radical (unpaired) electrons. The van der Waals surface area contributed by atoms with Crippen LogP contribution < -0.4 is 20.5 Å². The summed E-state index contributed by atoms with van der Waals surface area (Å²) in [5.74, 6) is 1.69. The highest BCUT2D eigenvalue weighted by molar-refractivity contribution is 5.42. The monoisotopic (exact) mass is 292 g/mol. The fourth-order valence-electron chi connectivity index (χ4n) is 3.26. The highest BCUT2D eigenvalue weighted by atomic mass is 16.5. The zero-order valence-corrected chi connectivity index (χ0v) is 13.6. The van der Waals surface area contributed by atoms with Gasteiger partial charge in [0.15, 0.2) is 0 Å². The molecule has 0 saturated heterocycles. The molecule has 0 amide bonds. The summed E-state index contributed by atoms with van der Waals surface area (Å²) in [5, 5.41) is 3.70. The van der Waals surface area contributed by atoms with Crippen LogP contribution in [-0.2, 0) is 0 Å². The molecule has 1 aromatic rings. The topological polar surface area (TPSA) is 56.5 Å². The van der Waals surface area contributed by atoms with Gasteiger partial charge in [0.2, 0.25) is 0 Å². The molecule has 1 aliphatic carbocycles. The van der Waals surface area contributed by atoms with Gasteiger partial charge in [-0.25, -0.2) is 0 Å². The van der Waals surface area contributed by atoms with Crippen molar-refractivity contribution in [1.29, 1.82) is 0 Å². The number of rotatable bonds is 6. The van der Waals surface area contributed by atoms with Gasteiger partial charge in [0.25, 0.3) is 0 Å². The Kier molecular flexibility index (Phi) is 5.12. The van der Waals surface area contributed by atoms with Crippen molar-refractivity contribution in [2.45, 2.75) is 45.2 Å². The molecule has 0 aliphatic heterocycles. The van der Waals surface area contributed by atoms with Crippen LogP contribution in [0.3, 0.4) is 0 Å². The van der Waals surface area contributed by atoms with Crippen molar-refractivity contribution >= 4 is 0 Å². The predicted octanol–water partition coefficient (Wildman–Crippen LogP) is 2.87. The van der Waals surface area contributed by atoms with Crippen LogP contribution in [0.1, 0.15) is 44.7 Å². The summed E-state index contributed by atoms with van der Waals surface area (Å²) >= 11 is 0. The lowest BCUT2D eigenvalue weighted by Crippen LogP contribution is -2.36. The van der Waals surface area contributed by atoms with Crippen LogP contribution in [-0.4, -0.2) is 26.8 Å². The molecule has 2 rings (SSSR count). The molecule has 3 N–H and O–H groups in total. The van der Waals surface area contributed by atoms with Gasteiger partial charge >= 0.3 is 0 Å². The maximum atomic E-state index is 6.01. The first-order valence-corrected chi connectivity index (χ1v) is 7.67. The van der Waals surface area contributed by atoms with Gasteiger partial charge in [-0.15, -0.1) is 0 Å². The van der Waals surface area contributed by atoms with Crippen LogP contribution in [0, 0.1) is 5.41 Å². The molecule has 4 nitrogen and oxygen atoms in total. The molecule has 21 heavy (non-hydrogen) atoms. The van der Waals surface area contributed by atoms with E-state index in [2.05, 4.69) is 19.2 Å². The Balaban J connectivity index is 2.17. The van der Waals surface area contributed by atoms with E-state index >= 15 is 0 Å². The predicted molar refractivity (Wildman–Crippen MR) is 85.9 cm³/mol. The van der Waals surface area contributed by atoms with Crippen LogP contribution in [0.4, 0.5) is 0 Å². The lowest BCUT2D eigenvalue weighted by Gasteiger charge is -2.25. The van der Waals surface area contributed by atoms with Crippen LogP contribution in [0.5, 0.6) is 11.5 Å². The van der Waals surface area contributed by atoms with Crippen LogP contribution >= 0.6 is 0 Å². The molecule has 1 saturated carbocycles. The van der Waals surface area contributed by atoms with E-state index in [1.165, 1.54) is 19.3 Å². The number of nitrogens with one attached hydrogen (secondary N) is 1. The van der Waals surface area contributed by atoms with Crippen molar-refractivity contribution in [2.75, 3.05) is 20.8 Å². The number of nitrogens with two attached hydrogens (primary N) is 1. The van der Waals surface area contributed by atoms with Crippen molar-refractivity contribution in [2.24, 2.45) is 11.1 Å². The van der Waals surface area contributed by atoms with Crippen molar-refractivity contribution in [3.63, 3.8) is 0 Å². The summed E-state index contributed by atoms with van der Waals surface area (Å²) in [4.78, 5) is 0. The molecule has 1 aromatic carbocycles. The molecule has 2 atom stereocenters. The van der Waals surface area contributed by atoms with Crippen LogP contribution in [0.15, 0.2) is 18.2 Å². The van der Waals surface area contributed by atoms with Gasteiger partial charge in [-0.1, -0.05) is 13.8 Å². The molecule has 0 aromatic heterocycles. The molecule has 0 spiro atoms. The standard InChI is InChI=1S/C17H28N2O2/c1-17(2)8-7-12(10-17)19-15(11-18)14-9-13(20-3)5-6-16(14)21-4/h5-6,9,12,15,19H,7-8,10-11,18H2,1-4H3. The van der Waals surface area contributed by atoms with Gasteiger partial charge in [0, 0.05) is 24.2 Å². The van der Waals surface area contributed by atoms with E-state index in [4.69, 9.17) is 15.2 Å². The molecule has 1 fully saturated rings. The molecule has 0 heterocycles. The summed E-state index contributed by atoms with van der Waals surface area (Å²) in [6.07, 6.45) is 3.66. The smallest absolute Gasteiger partial charge is 0.123 e. The second-order valence-electron chi connectivity index (χ2n) is 6.67. The van der Waals surface area contributed by atoms with Gasteiger partial charge in [-0.2, -0.15) is 0 Å². The fourth-order valence-corrected chi connectivity index (χ4v) is 3.26. The molecule has 4 heteroatoms. The second kappa shape index (κ2) is 6.67. The van der Waals surface area contributed by atoms with Gasteiger partial charge in [-0.3, -0.25) is 0 Å². The summed E-state index contributed by atoms with van der Waals surface area (Å²) in [6.45, 7) is 5.21. The van der Waals surface area contributed by atoms with E-state index in [0.29, 0.717) is 18.0 Å². The minimum atomic E-state index is 0.0916. The highest BCUT2D eigenvalue weighted by Gasteiger charge is 2.32. The minimum Gasteiger partial charge on any atom is -0.497 e. The Morgan fingerprint density at radius 1 is 1.33 bits per heavy atom. The number of methoxy groups -OCH3 is 2. The average molecular weight is 292 g/mol. The van der Waals surface area contributed by atoms with Crippen molar-refractivity contribution in [3.05, 3.63) is 23.8 Å². The number of ether oxygens (including phenoxy) is 2. The Bertz CT molecular complexity index is 474. The van der Waals surface area contributed by atoms with Crippen LogP contribution in [0.25, 0.3) is 0 Å². The van der Waals surface area contributed by atoms with Crippen molar-refractivity contribution < 1.29 is 9.47 Å². The first-order valence-electron chi connectivity index (χ1n) is 7.67. The van der Waals surface area contributed by atoms with E-state index in [1.54, 1.807) is 14.2 Å². The van der Waals surface area contributed by atoms with Gasteiger partial charge in [0.1, 0.15) is 11.5 Å². The second-order valence-corrected chi connectivity index (χ2v) is 6.67. The Morgan fingerprint density at radius 2 is 2.10 bits per heavy atom. The maximum Gasteiger partial charge on any atom is 0.123 e. The first kappa shape index (κ1) is 16.1. The van der Waals surface area contributed by atoms with E-state index in [1.807, 2.05) is 18.2 Å². The number of hydrogen-bond acceptors (Lipinski definition) is 4. The third-order valence-electron chi connectivity index (χ3n) is 4.45. The third-order valence-corrected chi connectivity index (χ3v) is 4.45. The zero-order chi connectivity index (χ0) is 15.5. The summed E-state index contributed by atoms with van der Waals surface area (Å²) in [6, 6.07) is 6.48.